The molecule has 1 heterocycles. The zero-order chi connectivity index (χ0) is 18.8. The van der Waals surface area contributed by atoms with Crippen molar-refractivity contribution in [2.24, 2.45) is 0 Å². The van der Waals surface area contributed by atoms with E-state index in [-0.39, 0.29) is 0 Å². The Balaban J connectivity index is 1.91. The van der Waals surface area contributed by atoms with E-state index >= 15 is 0 Å². The van der Waals surface area contributed by atoms with Gasteiger partial charge in [0.2, 0.25) is 0 Å². The number of hydrogen-bond acceptors (Lipinski definition) is 2. The molecule has 0 unspecified atom stereocenters. The molecule has 0 saturated heterocycles. The predicted octanol–water partition coefficient (Wildman–Crippen LogP) is 4.53. The van der Waals surface area contributed by atoms with Crippen molar-refractivity contribution >= 4 is 17.4 Å². The molecule has 1 amide bonds. The minimum Gasteiger partial charge on any atom is -0.319 e. The maximum atomic E-state index is 12.7. The Labute approximate surface area is 153 Å². The van der Waals surface area contributed by atoms with Crippen LogP contribution in [0.1, 0.15) is 32.9 Å². The van der Waals surface area contributed by atoms with Crippen LogP contribution in [-0.2, 0) is 4.79 Å². The van der Waals surface area contributed by atoms with Gasteiger partial charge in [0, 0.05) is 28.3 Å². The van der Waals surface area contributed by atoms with Gasteiger partial charge in [-0.25, -0.2) is 0 Å². The van der Waals surface area contributed by atoms with E-state index in [9.17, 15) is 9.59 Å². The fourth-order valence-electron chi connectivity index (χ4n) is 3.15. The highest BCUT2D eigenvalue weighted by molar-refractivity contribution is 6.46. The van der Waals surface area contributed by atoms with Gasteiger partial charge < -0.3 is 9.88 Å². The molecule has 0 aliphatic carbocycles. The van der Waals surface area contributed by atoms with Crippen LogP contribution in [0.4, 0.5) is 5.69 Å². The van der Waals surface area contributed by atoms with Crippen molar-refractivity contribution in [2.45, 2.75) is 27.7 Å². The van der Waals surface area contributed by atoms with Gasteiger partial charge in [-0.2, -0.15) is 0 Å². The second kappa shape index (κ2) is 7.00. The lowest BCUT2D eigenvalue weighted by molar-refractivity contribution is -0.112. The number of hydrogen-bond donors (Lipinski definition) is 1. The standard InChI is InChI=1S/C22H22N2O2/c1-14-9-8-12-20(16(14)3)23-22(26)21(25)19-13-15(2)24(17(19)4)18-10-6-5-7-11-18/h5-13H,1-4H3,(H,23,26). The summed E-state index contributed by atoms with van der Waals surface area (Å²) in [6.07, 6.45) is 0. The third-order valence-electron chi connectivity index (χ3n) is 4.75. The van der Waals surface area contributed by atoms with Crippen molar-refractivity contribution in [2.75, 3.05) is 5.32 Å². The molecule has 1 N–H and O–H groups in total. The number of anilines is 1. The van der Waals surface area contributed by atoms with Crippen LogP contribution < -0.4 is 5.32 Å². The molecular formula is C22H22N2O2. The first-order valence-corrected chi connectivity index (χ1v) is 8.56. The zero-order valence-corrected chi connectivity index (χ0v) is 15.5. The number of carbonyl (C=O) groups excluding carboxylic acids is 2. The molecule has 3 aromatic rings. The first-order valence-electron chi connectivity index (χ1n) is 8.56. The molecule has 26 heavy (non-hydrogen) atoms. The Morgan fingerprint density at radius 3 is 2.27 bits per heavy atom. The number of nitrogens with zero attached hydrogens (tertiary/aromatic N) is 1. The molecule has 2 aromatic carbocycles. The molecule has 0 bridgehead atoms. The summed E-state index contributed by atoms with van der Waals surface area (Å²) in [5.74, 6) is -1.15. The molecule has 0 fully saturated rings. The highest BCUT2D eigenvalue weighted by Crippen LogP contribution is 2.22. The molecule has 1 aromatic heterocycles. The number of Topliss-reactive ketones (excluding diaryl/α,β-unsaturated/α-hetero) is 1. The molecule has 0 radical (unpaired) electrons. The van der Waals surface area contributed by atoms with Crippen LogP contribution in [0.2, 0.25) is 0 Å². The molecule has 0 atom stereocenters. The van der Waals surface area contributed by atoms with Crippen molar-refractivity contribution in [3.8, 4) is 5.69 Å². The maximum Gasteiger partial charge on any atom is 0.296 e. The minimum absolute atomic E-state index is 0.425. The van der Waals surface area contributed by atoms with Gasteiger partial charge in [0.05, 0.1) is 0 Å². The summed E-state index contributed by atoms with van der Waals surface area (Å²) in [6.45, 7) is 7.69. The van der Waals surface area contributed by atoms with Crippen LogP contribution >= 0.6 is 0 Å². The Hall–Kier alpha value is -3.14. The Bertz CT molecular complexity index is 985. The topological polar surface area (TPSA) is 51.1 Å². The number of benzene rings is 2. The predicted molar refractivity (Wildman–Crippen MR) is 104 cm³/mol. The molecule has 0 spiro atoms. The number of aromatic nitrogens is 1. The number of ketones is 1. The SMILES string of the molecule is Cc1cccc(NC(=O)C(=O)c2cc(C)n(-c3ccccc3)c2C)c1C. The fraction of sp³-hybridized carbons (Fsp3) is 0.182. The van der Waals surface area contributed by atoms with E-state index in [0.29, 0.717) is 11.3 Å². The van der Waals surface area contributed by atoms with Gasteiger partial charge in [0.25, 0.3) is 11.7 Å². The quantitative estimate of drug-likeness (QED) is 0.557. The summed E-state index contributed by atoms with van der Waals surface area (Å²) in [4.78, 5) is 25.3. The number of para-hydroxylation sites is 1. The normalized spacial score (nSPS) is 10.6. The molecular weight excluding hydrogens is 324 g/mol. The maximum absolute atomic E-state index is 12.7. The van der Waals surface area contributed by atoms with Gasteiger partial charge in [0.15, 0.2) is 0 Å². The van der Waals surface area contributed by atoms with E-state index in [1.807, 2.05) is 74.7 Å². The van der Waals surface area contributed by atoms with Crippen molar-refractivity contribution in [3.63, 3.8) is 0 Å². The van der Waals surface area contributed by atoms with Crippen LogP contribution in [0.3, 0.4) is 0 Å². The van der Waals surface area contributed by atoms with Gasteiger partial charge >= 0.3 is 0 Å². The van der Waals surface area contributed by atoms with Crippen LogP contribution in [0.15, 0.2) is 54.6 Å². The zero-order valence-electron chi connectivity index (χ0n) is 15.5. The molecule has 132 valence electrons. The molecule has 0 aliphatic rings. The summed E-state index contributed by atoms with van der Waals surface area (Å²) in [6, 6.07) is 17.2. The van der Waals surface area contributed by atoms with Gasteiger partial charge in [0.1, 0.15) is 0 Å². The first kappa shape index (κ1) is 17.7. The smallest absolute Gasteiger partial charge is 0.296 e. The van der Waals surface area contributed by atoms with Crippen molar-refractivity contribution in [3.05, 3.63) is 82.7 Å². The van der Waals surface area contributed by atoms with Gasteiger partial charge in [-0.15, -0.1) is 0 Å². The number of amides is 1. The monoisotopic (exact) mass is 346 g/mol. The Morgan fingerprint density at radius 1 is 0.885 bits per heavy atom. The van der Waals surface area contributed by atoms with Gasteiger partial charge in [-0.3, -0.25) is 9.59 Å². The summed E-state index contributed by atoms with van der Waals surface area (Å²) in [5, 5.41) is 2.75. The molecule has 0 aliphatic heterocycles. The highest BCUT2D eigenvalue weighted by atomic mass is 16.2. The second-order valence-corrected chi connectivity index (χ2v) is 6.49. The second-order valence-electron chi connectivity index (χ2n) is 6.49. The highest BCUT2D eigenvalue weighted by Gasteiger charge is 2.23. The molecule has 3 rings (SSSR count). The van der Waals surface area contributed by atoms with Crippen LogP contribution in [-0.4, -0.2) is 16.3 Å². The van der Waals surface area contributed by atoms with Crippen molar-refractivity contribution < 1.29 is 9.59 Å². The molecule has 4 nitrogen and oxygen atoms in total. The summed E-state index contributed by atoms with van der Waals surface area (Å²) in [5.41, 5.74) is 5.76. The minimum atomic E-state index is -0.619. The molecule has 0 saturated carbocycles. The summed E-state index contributed by atoms with van der Waals surface area (Å²) >= 11 is 0. The average molecular weight is 346 g/mol. The average Bonchev–Trinajstić information content (AvgIpc) is 2.93. The lowest BCUT2D eigenvalue weighted by atomic mass is 10.1. The lowest BCUT2D eigenvalue weighted by Gasteiger charge is -2.11. The third kappa shape index (κ3) is 3.18. The van der Waals surface area contributed by atoms with E-state index in [2.05, 4.69) is 5.32 Å². The van der Waals surface area contributed by atoms with E-state index < -0.39 is 11.7 Å². The van der Waals surface area contributed by atoms with Crippen LogP contribution in [0.25, 0.3) is 5.69 Å². The van der Waals surface area contributed by atoms with E-state index in [1.54, 1.807) is 12.1 Å². The first-order chi connectivity index (χ1) is 12.4. The number of aryl methyl sites for hydroxylation is 2. The van der Waals surface area contributed by atoms with E-state index in [0.717, 1.165) is 28.2 Å². The Morgan fingerprint density at radius 2 is 1.58 bits per heavy atom. The fourth-order valence-corrected chi connectivity index (χ4v) is 3.15. The summed E-state index contributed by atoms with van der Waals surface area (Å²) in [7, 11) is 0. The van der Waals surface area contributed by atoms with E-state index in [1.165, 1.54) is 0 Å². The summed E-state index contributed by atoms with van der Waals surface area (Å²) < 4.78 is 1.98. The number of rotatable bonds is 4. The van der Waals surface area contributed by atoms with E-state index in [4.69, 9.17) is 0 Å². The van der Waals surface area contributed by atoms with Crippen LogP contribution in [0.5, 0.6) is 0 Å². The molecule has 4 heteroatoms. The van der Waals surface area contributed by atoms with Crippen molar-refractivity contribution in [1.82, 2.24) is 4.57 Å². The third-order valence-corrected chi connectivity index (χ3v) is 4.75. The number of nitrogens with one attached hydrogen (secondary N) is 1. The van der Waals surface area contributed by atoms with Crippen molar-refractivity contribution in [1.29, 1.82) is 0 Å². The number of carbonyl (C=O) groups is 2. The lowest BCUT2D eigenvalue weighted by Crippen LogP contribution is -2.24. The van der Waals surface area contributed by atoms with Crippen LogP contribution in [0, 0.1) is 27.7 Å². The largest absolute Gasteiger partial charge is 0.319 e. The van der Waals surface area contributed by atoms with Gasteiger partial charge in [-0.05, 0) is 63.1 Å². The van der Waals surface area contributed by atoms with Gasteiger partial charge in [-0.1, -0.05) is 30.3 Å². The Kier molecular flexibility index (Phi) is 4.76.